The predicted molar refractivity (Wildman–Crippen MR) is 128 cm³/mol. The summed E-state index contributed by atoms with van der Waals surface area (Å²) in [5.74, 6) is -0.808. The van der Waals surface area contributed by atoms with Crippen LogP contribution in [0.2, 0.25) is 0 Å². The van der Waals surface area contributed by atoms with Crippen LogP contribution in [0.25, 0.3) is 0 Å². The topological polar surface area (TPSA) is 85.3 Å². The molecule has 1 N–H and O–H groups in total. The van der Waals surface area contributed by atoms with Crippen LogP contribution in [0.3, 0.4) is 0 Å². The van der Waals surface area contributed by atoms with Crippen molar-refractivity contribution >= 4 is 11.8 Å². The summed E-state index contributed by atoms with van der Waals surface area (Å²) in [6.07, 6.45) is -2.60. The summed E-state index contributed by atoms with van der Waals surface area (Å²) in [7, 11) is 0. The standard InChI is InChI=1S/C28H27NO6/c30-25-24(18-33-15-19-9-3-1-4-10-19)34-17-23(26(25)35-16-20-11-5-2-6-12-20)29-27(31)21-13-7-8-14-22(21)28(29)32/h1-14,23-26,30H,15-18H2. The van der Waals surface area contributed by atoms with Crippen molar-refractivity contribution in [3.05, 3.63) is 107 Å². The minimum Gasteiger partial charge on any atom is -0.388 e. The summed E-state index contributed by atoms with van der Waals surface area (Å²) in [5.41, 5.74) is 2.63. The molecule has 3 aromatic rings. The highest BCUT2D eigenvalue weighted by Gasteiger charge is 2.49. The van der Waals surface area contributed by atoms with Gasteiger partial charge in [-0.05, 0) is 23.3 Å². The van der Waals surface area contributed by atoms with Crippen LogP contribution in [-0.2, 0) is 27.4 Å². The lowest BCUT2D eigenvalue weighted by Crippen LogP contribution is -2.62. The maximum atomic E-state index is 13.1. The normalized spacial score (nSPS) is 24.0. The third kappa shape index (κ3) is 4.90. The Morgan fingerprint density at radius 2 is 1.34 bits per heavy atom. The molecule has 1 fully saturated rings. The van der Waals surface area contributed by atoms with Crippen LogP contribution in [0.4, 0.5) is 0 Å². The molecule has 0 spiro atoms. The van der Waals surface area contributed by atoms with E-state index in [1.807, 2.05) is 60.7 Å². The summed E-state index contributed by atoms with van der Waals surface area (Å²) in [6.45, 7) is 0.794. The van der Waals surface area contributed by atoms with Gasteiger partial charge in [0.1, 0.15) is 18.3 Å². The van der Waals surface area contributed by atoms with Gasteiger partial charge in [0, 0.05) is 0 Å². The first-order valence-electron chi connectivity index (χ1n) is 11.7. The monoisotopic (exact) mass is 473 g/mol. The third-order valence-electron chi connectivity index (χ3n) is 6.41. The van der Waals surface area contributed by atoms with Gasteiger partial charge in [-0.15, -0.1) is 0 Å². The first kappa shape index (κ1) is 23.4. The van der Waals surface area contributed by atoms with Gasteiger partial charge in [0.25, 0.3) is 11.8 Å². The zero-order valence-corrected chi connectivity index (χ0v) is 19.2. The van der Waals surface area contributed by atoms with Gasteiger partial charge >= 0.3 is 0 Å². The fourth-order valence-corrected chi connectivity index (χ4v) is 4.58. The molecule has 1 saturated heterocycles. The lowest BCUT2D eigenvalue weighted by Gasteiger charge is -2.42. The number of fused-ring (bicyclic) bond motifs is 1. The second-order valence-electron chi connectivity index (χ2n) is 8.72. The largest absolute Gasteiger partial charge is 0.388 e. The van der Waals surface area contributed by atoms with Crippen LogP contribution < -0.4 is 0 Å². The van der Waals surface area contributed by atoms with E-state index >= 15 is 0 Å². The maximum absolute atomic E-state index is 13.1. The van der Waals surface area contributed by atoms with Gasteiger partial charge in [-0.1, -0.05) is 72.8 Å². The molecule has 0 aliphatic carbocycles. The van der Waals surface area contributed by atoms with Gasteiger partial charge in [-0.3, -0.25) is 14.5 Å². The van der Waals surface area contributed by atoms with Crippen LogP contribution in [-0.4, -0.2) is 59.4 Å². The highest BCUT2D eigenvalue weighted by atomic mass is 16.6. The Kier molecular flexibility index (Phi) is 7.01. The van der Waals surface area contributed by atoms with Gasteiger partial charge in [0.2, 0.25) is 0 Å². The summed E-state index contributed by atoms with van der Waals surface area (Å²) < 4.78 is 17.9. The van der Waals surface area contributed by atoms with Gasteiger partial charge in [-0.2, -0.15) is 0 Å². The summed E-state index contributed by atoms with van der Waals surface area (Å²) in [6, 6.07) is 25.2. The number of nitrogens with zero attached hydrogens (tertiary/aromatic N) is 1. The van der Waals surface area contributed by atoms with Crippen molar-refractivity contribution in [2.24, 2.45) is 0 Å². The van der Waals surface area contributed by atoms with Crippen LogP contribution in [0, 0.1) is 0 Å². The number of aliphatic hydroxyl groups is 1. The molecule has 4 unspecified atom stereocenters. The predicted octanol–water partition coefficient (Wildman–Crippen LogP) is 3.21. The molecule has 4 atom stereocenters. The Hall–Kier alpha value is -3.36. The number of hydrogen-bond acceptors (Lipinski definition) is 6. The molecule has 0 radical (unpaired) electrons. The number of carbonyl (C=O) groups excluding carboxylic acids is 2. The first-order chi connectivity index (χ1) is 17.1. The number of rotatable bonds is 8. The average molecular weight is 474 g/mol. The fraction of sp³-hybridized carbons (Fsp3) is 0.286. The van der Waals surface area contributed by atoms with Crippen molar-refractivity contribution in [3.63, 3.8) is 0 Å². The molecule has 7 nitrogen and oxygen atoms in total. The van der Waals surface area contributed by atoms with Gasteiger partial charge in [0.15, 0.2) is 0 Å². The van der Waals surface area contributed by atoms with E-state index in [0.29, 0.717) is 17.7 Å². The molecule has 2 amide bonds. The Morgan fingerprint density at radius 1 is 0.800 bits per heavy atom. The summed E-state index contributed by atoms with van der Waals surface area (Å²) >= 11 is 0. The highest BCUT2D eigenvalue weighted by Crippen LogP contribution is 2.31. The number of hydrogen-bond donors (Lipinski definition) is 1. The van der Waals surface area contributed by atoms with E-state index in [1.54, 1.807) is 24.3 Å². The first-order valence-corrected chi connectivity index (χ1v) is 11.7. The van der Waals surface area contributed by atoms with E-state index in [2.05, 4.69) is 0 Å². The smallest absolute Gasteiger partial charge is 0.261 e. The molecule has 2 aliphatic rings. The SMILES string of the molecule is O=C1c2ccccc2C(=O)N1C1COC(COCc2ccccc2)C(O)C1OCc1ccccc1. The molecule has 180 valence electrons. The van der Waals surface area contributed by atoms with Crippen LogP contribution in [0.1, 0.15) is 31.8 Å². The molecular weight excluding hydrogens is 446 g/mol. The quantitative estimate of drug-likeness (QED) is 0.506. The van der Waals surface area contributed by atoms with Crippen molar-refractivity contribution in [2.75, 3.05) is 13.2 Å². The minimum atomic E-state index is -1.10. The lowest BCUT2D eigenvalue weighted by molar-refractivity contribution is -0.196. The van der Waals surface area contributed by atoms with E-state index < -0.39 is 36.2 Å². The zero-order valence-electron chi connectivity index (χ0n) is 19.2. The van der Waals surface area contributed by atoms with Crippen LogP contribution in [0.5, 0.6) is 0 Å². The van der Waals surface area contributed by atoms with Crippen molar-refractivity contribution in [3.8, 4) is 0 Å². The van der Waals surface area contributed by atoms with Crippen molar-refractivity contribution < 1.29 is 28.9 Å². The van der Waals surface area contributed by atoms with Crippen LogP contribution in [0.15, 0.2) is 84.9 Å². The van der Waals surface area contributed by atoms with Crippen molar-refractivity contribution in [1.82, 2.24) is 4.90 Å². The molecule has 0 saturated carbocycles. The second-order valence-corrected chi connectivity index (χ2v) is 8.72. The Labute approximate surface area is 203 Å². The Morgan fingerprint density at radius 3 is 1.94 bits per heavy atom. The molecule has 0 bridgehead atoms. The minimum absolute atomic E-state index is 0.0430. The number of aliphatic hydroxyl groups excluding tert-OH is 1. The molecule has 3 aromatic carbocycles. The highest BCUT2D eigenvalue weighted by molar-refractivity contribution is 6.21. The zero-order chi connectivity index (χ0) is 24.2. The summed E-state index contributed by atoms with van der Waals surface area (Å²) in [5, 5.41) is 11.2. The Bertz CT molecular complexity index is 1130. The second kappa shape index (κ2) is 10.5. The molecule has 5 rings (SSSR count). The average Bonchev–Trinajstić information content (AvgIpc) is 3.15. The molecule has 7 heteroatoms. The molecule has 2 heterocycles. The van der Waals surface area contributed by atoms with Crippen LogP contribution >= 0.6 is 0 Å². The van der Waals surface area contributed by atoms with Gasteiger partial charge in [0.05, 0.1) is 43.6 Å². The van der Waals surface area contributed by atoms with E-state index in [-0.39, 0.29) is 19.8 Å². The molecule has 2 aliphatic heterocycles. The summed E-state index contributed by atoms with van der Waals surface area (Å²) in [4.78, 5) is 27.4. The van der Waals surface area contributed by atoms with Crippen molar-refractivity contribution in [1.29, 1.82) is 0 Å². The number of benzene rings is 3. The third-order valence-corrected chi connectivity index (χ3v) is 6.41. The number of carbonyl (C=O) groups is 2. The molecule has 0 aromatic heterocycles. The van der Waals surface area contributed by atoms with E-state index in [9.17, 15) is 14.7 Å². The van der Waals surface area contributed by atoms with Gasteiger partial charge in [-0.25, -0.2) is 0 Å². The fourth-order valence-electron chi connectivity index (χ4n) is 4.58. The van der Waals surface area contributed by atoms with E-state index in [1.165, 1.54) is 4.90 Å². The number of amides is 2. The van der Waals surface area contributed by atoms with Gasteiger partial charge < -0.3 is 19.3 Å². The lowest BCUT2D eigenvalue weighted by atomic mass is 9.96. The number of ether oxygens (including phenoxy) is 3. The molecule has 35 heavy (non-hydrogen) atoms. The van der Waals surface area contributed by atoms with E-state index in [0.717, 1.165) is 11.1 Å². The van der Waals surface area contributed by atoms with E-state index in [4.69, 9.17) is 14.2 Å². The van der Waals surface area contributed by atoms with Crippen molar-refractivity contribution in [2.45, 2.75) is 37.6 Å². The Balaban J connectivity index is 1.33. The number of imide groups is 1. The molecular formula is C28H27NO6. The maximum Gasteiger partial charge on any atom is 0.261 e.